The van der Waals surface area contributed by atoms with Crippen LogP contribution in [0.25, 0.3) is 0 Å². The minimum Gasteiger partial charge on any atom is -0.0845 e. The molecule has 1 aliphatic rings. The molecule has 0 aliphatic heterocycles. The van der Waals surface area contributed by atoms with Crippen molar-refractivity contribution in [3.63, 3.8) is 0 Å². The molecule has 1 aliphatic carbocycles. The fourth-order valence-electron chi connectivity index (χ4n) is 1.21. The summed E-state index contributed by atoms with van der Waals surface area (Å²) in [5.74, 6) is 0. The van der Waals surface area contributed by atoms with E-state index in [1.54, 1.807) is 0 Å². The Morgan fingerprint density at radius 2 is 2.00 bits per heavy atom. The lowest BCUT2D eigenvalue weighted by Crippen LogP contribution is -1.79. The highest BCUT2D eigenvalue weighted by atomic mass is 14.0. The molecule has 0 saturated carbocycles. The van der Waals surface area contributed by atoms with Gasteiger partial charge in [-0.15, -0.1) is 0 Å². The molecule has 1 rings (SSSR count). The van der Waals surface area contributed by atoms with Gasteiger partial charge in [-0.25, -0.2) is 0 Å². The lowest BCUT2D eigenvalue weighted by atomic mass is 10.1. The van der Waals surface area contributed by atoms with Crippen LogP contribution in [0.3, 0.4) is 0 Å². The van der Waals surface area contributed by atoms with E-state index in [9.17, 15) is 0 Å². The Balaban J connectivity index is 2.53. The Hall–Kier alpha value is -0.780. The molecule has 60 valence electrons. The third-order valence-electron chi connectivity index (χ3n) is 1.93. The van der Waals surface area contributed by atoms with Gasteiger partial charge in [0.25, 0.3) is 0 Å². The molecule has 0 fully saturated rings. The smallest absolute Gasteiger partial charge is 0.0320 e. The summed E-state index contributed by atoms with van der Waals surface area (Å²) in [5.41, 5.74) is 1.50. The number of allylic oxidation sites excluding steroid dienone is 6. The topological polar surface area (TPSA) is 0 Å². The Morgan fingerprint density at radius 1 is 1.09 bits per heavy atom. The third kappa shape index (κ3) is 3.82. The van der Waals surface area contributed by atoms with E-state index in [4.69, 9.17) is 0 Å². The first-order valence-electron chi connectivity index (χ1n) is 4.38. The van der Waals surface area contributed by atoms with Crippen LogP contribution in [0.15, 0.2) is 36.0 Å². The molecular formula is C11H16. The van der Waals surface area contributed by atoms with Crippen molar-refractivity contribution in [1.29, 1.82) is 0 Å². The van der Waals surface area contributed by atoms with Gasteiger partial charge in [-0.05, 0) is 32.6 Å². The fraction of sp³-hybridized carbons (Fsp3) is 0.455. The highest BCUT2D eigenvalue weighted by Gasteiger charge is 1.89. The molecule has 0 N–H and O–H groups in total. The van der Waals surface area contributed by atoms with Gasteiger partial charge in [0.1, 0.15) is 0 Å². The Morgan fingerprint density at radius 3 is 2.91 bits per heavy atom. The zero-order valence-corrected chi connectivity index (χ0v) is 7.22. The van der Waals surface area contributed by atoms with E-state index < -0.39 is 0 Å². The van der Waals surface area contributed by atoms with Crippen molar-refractivity contribution < 1.29 is 0 Å². The van der Waals surface area contributed by atoms with Crippen LogP contribution in [-0.4, -0.2) is 0 Å². The zero-order valence-electron chi connectivity index (χ0n) is 7.22. The molecular weight excluding hydrogens is 132 g/mol. The maximum atomic E-state index is 2.24. The van der Waals surface area contributed by atoms with Crippen LogP contribution < -0.4 is 0 Å². The van der Waals surface area contributed by atoms with Crippen LogP contribution >= 0.6 is 0 Å². The molecule has 0 bridgehead atoms. The monoisotopic (exact) mass is 148 g/mol. The third-order valence-corrected chi connectivity index (χ3v) is 1.93. The molecule has 0 heterocycles. The van der Waals surface area contributed by atoms with Crippen LogP contribution in [0, 0.1) is 0 Å². The Bertz CT molecular complexity index is 182. The summed E-state index contributed by atoms with van der Waals surface area (Å²) in [6.07, 6.45) is 16.0. The van der Waals surface area contributed by atoms with Crippen molar-refractivity contribution in [2.24, 2.45) is 0 Å². The van der Waals surface area contributed by atoms with Crippen molar-refractivity contribution in [2.45, 2.75) is 32.6 Å². The van der Waals surface area contributed by atoms with E-state index in [0.717, 1.165) is 0 Å². The summed E-state index contributed by atoms with van der Waals surface area (Å²) in [5, 5.41) is 0. The van der Waals surface area contributed by atoms with Gasteiger partial charge in [0.2, 0.25) is 0 Å². The maximum Gasteiger partial charge on any atom is -0.0320 e. The van der Waals surface area contributed by atoms with E-state index in [1.807, 2.05) is 0 Å². The maximum absolute atomic E-state index is 2.24. The van der Waals surface area contributed by atoms with E-state index in [2.05, 4.69) is 37.3 Å². The van der Waals surface area contributed by atoms with Gasteiger partial charge in [-0.1, -0.05) is 36.0 Å². The normalized spacial score (nSPS) is 19.5. The van der Waals surface area contributed by atoms with Crippen molar-refractivity contribution >= 4 is 0 Å². The Kier molecular flexibility index (Phi) is 3.74. The molecule has 0 aromatic carbocycles. The van der Waals surface area contributed by atoms with Crippen LogP contribution in [0.5, 0.6) is 0 Å². The molecule has 0 atom stereocenters. The van der Waals surface area contributed by atoms with Gasteiger partial charge in [0.15, 0.2) is 0 Å². The first-order chi connectivity index (χ1) is 5.39. The lowest BCUT2D eigenvalue weighted by molar-refractivity contribution is 0.741. The van der Waals surface area contributed by atoms with Gasteiger partial charge >= 0.3 is 0 Å². The van der Waals surface area contributed by atoms with Crippen molar-refractivity contribution in [2.75, 3.05) is 0 Å². The van der Waals surface area contributed by atoms with Crippen LogP contribution in [0.2, 0.25) is 0 Å². The minimum absolute atomic E-state index is 1.23. The van der Waals surface area contributed by atoms with Crippen molar-refractivity contribution in [1.82, 2.24) is 0 Å². The zero-order chi connectivity index (χ0) is 7.94. The second kappa shape index (κ2) is 4.95. The first-order valence-corrected chi connectivity index (χ1v) is 4.38. The van der Waals surface area contributed by atoms with E-state index in [1.165, 1.54) is 31.3 Å². The number of hydrogen-bond acceptors (Lipinski definition) is 0. The minimum atomic E-state index is 1.23. The molecule has 0 nitrogen and oxygen atoms in total. The molecule has 0 spiro atoms. The first kappa shape index (κ1) is 8.32. The highest BCUT2D eigenvalue weighted by molar-refractivity contribution is 5.15. The van der Waals surface area contributed by atoms with Gasteiger partial charge < -0.3 is 0 Å². The quantitative estimate of drug-likeness (QED) is 0.492. The lowest BCUT2D eigenvalue weighted by Gasteiger charge is -1.99. The van der Waals surface area contributed by atoms with E-state index in [0.29, 0.717) is 0 Å². The van der Waals surface area contributed by atoms with E-state index in [-0.39, 0.29) is 0 Å². The molecule has 0 unspecified atom stereocenters. The SMILES string of the molecule is CC1=CC=CC=CCCCC1. The standard InChI is InChI=1S/C11H16/c1-11-9-7-5-3-2-4-6-8-10-11/h2-3,5,7,9H,4,6,8,10H2,1H3. The number of hydrogen-bond donors (Lipinski definition) is 0. The molecule has 11 heavy (non-hydrogen) atoms. The summed E-state index contributed by atoms with van der Waals surface area (Å²) < 4.78 is 0. The predicted octanol–water partition coefficient (Wildman–Crippen LogP) is 3.62. The fourth-order valence-corrected chi connectivity index (χ4v) is 1.21. The summed E-state index contributed by atoms with van der Waals surface area (Å²) in [6, 6.07) is 0. The van der Waals surface area contributed by atoms with Crippen molar-refractivity contribution in [3.8, 4) is 0 Å². The van der Waals surface area contributed by atoms with Crippen LogP contribution in [0.4, 0.5) is 0 Å². The average molecular weight is 148 g/mol. The summed E-state index contributed by atoms with van der Waals surface area (Å²) in [6.45, 7) is 2.20. The Labute approximate surface area is 69.3 Å². The van der Waals surface area contributed by atoms with Crippen LogP contribution in [-0.2, 0) is 0 Å². The molecule has 0 amide bonds. The summed E-state index contributed by atoms with van der Waals surface area (Å²) in [4.78, 5) is 0. The molecule has 0 saturated heterocycles. The van der Waals surface area contributed by atoms with E-state index >= 15 is 0 Å². The average Bonchev–Trinajstić information content (AvgIpc) is 2.03. The van der Waals surface area contributed by atoms with Crippen molar-refractivity contribution in [3.05, 3.63) is 36.0 Å². The van der Waals surface area contributed by atoms with Gasteiger partial charge in [0.05, 0.1) is 0 Å². The van der Waals surface area contributed by atoms with Gasteiger partial charge in [0, 0.05) is 0 Å². The molecule has 0 aromatic heterocycles. The highest BCUT2D eigenvalue weighted by Crippen LogP contribution is 2.09. The predicted molar refractivity (Wildman–Crippen MR) is 50.5 cm³/mol. The summed E-state index contributed by atoms with van der Waals surface area (Å²) in [7, 11) is 0. The van der Waals surface area contributed by atoms with Crippen LogP contribution in [0.1, 0.15) is 32.6 Å². The molecule has 0 radical (unpaired) electrons. The molecule has 0 aromatic rings. The summed E-state index contributed by atoms with van der Waals surface area (Å²) >= 11 is 0. The molecule has 0 heteroatoms. The van der Waals surface area contributed by atoms with Gasteiger partial charge in [-0.2, -0.15) is 0 Å². The number of rotatable bonds is 0. The second-order valence-electron chi connectivity index (χ2n) is 3.07. The second-order valence-corrected chi connectivity index (χ2v) is 3.07. The van der Waals surface area contributed by atoms with Gasteiger partial charge in [-0.3, -0.25) is 0 Å². The largest absolute Gasteiger partial charge is 0.0845 e.